The largest absolute Gasteiger partial charge is 0.457 e. The summed E-state index contributed by atoms with van der Waals surface area (Å²) >= 11 is 0. The first-order valence-corrected chi connectivity index (χ1v) is 9.87. The Morgan fingerprint density at radius 2 is 1.70 bits per heavy atom. The standard InChI is InChI=1S/C24H23N3O3/c25-24(29)26-21(16-23(28)27-14-13-17-7-4-5-12-22(17)27)18-8-6-11-20(15-18)30-19-9-2-1-3-10-19/h1-12,15,21H,13-14,16H2,(H3,25,26,29)/t21-/m1/s1. The zero-order chi connectivity index (χ0) is 20.9. The van der Waals surface area contributed by atoms with Crippen molar-refractivity contribution in [3.05, 3.63) is 90.0 Å². The molecule has 0 radical (unpaired) electrons. The Morgan fingerprint density at radius 3 is 2.50 bits per heavy atom. The minimum atomic E-state index is -0.677. The second-order valence-electron chi connectivity index (χ2n) is 7.18. The van der Waals surface area contributed by atoms with Gasteiger partial charge >= 0.3 is 6.03 Å². The van der Waals surface area contributed by atoms with Gasteiger partial charge in [-0.25, -0.2) is 4.79 Å². The molecule has 0 bridgehead atoms. The van der Waals surface area contributed by atoms with E-state index in [0.29, 0.717) is 18.0 Å². The molecular formula is C24H23N3O3. The van der Waals surface area contributed by atoms with Gasteiger partial charge in [0, 0.05) is 12.2 Å². The van der Waals surface area contributed by atoms with Gasteiger partial charge in [0.05, 0.1) is 12.5 Å². The lowest BCUT2D eigenvalue weighted by molar-refractivity contribution is -0.119. The summed E-state index contributed by atoms with van der Waals surface area (Å²) in [6, 6.07) is 23.4. The molecule has 3 aromatic rings. The first-order valence-electron chi connectivity index (χ1n) is 9.87. The molecular weight excluding hydrogens is 378 g/mol. The van der Waals surface area contributed by atoms with Crippen molar-refractivity contribution in [2.45, 2.75) is 18.9 Å². The Morgan fingerprint density at radius 1 is 0.967 bits per heavy atom. The molecule has 1 heterocycles. The molecule has 6 heteroatoms. The van der Waals surface area contributed by atoms with Crippen LogP contribution in [0.3, 0.4) is 0 Å². The van der Waals surface area contributed by atoms with Gasteiger partial charge in [0.25, 0.3) is 0 Å². The van der Waals surface area contributed by atoms with Gasteiger partial charge in [0.15, 0.2) is 0 Å². The third-order valence-electron chi connectivity index (χ3n) is 5.12. The third-order valence-corrected chi connectivity index (χ3v) is 5.12. The van der Waals surface area contributed by atoms with Crippen molar-refractivity contribution in [2.24, 2.45) is 5.73 Å². The average molecular weight is 401 g/mol. The maximum Gasteiger partial charge on any atom is 0.312 e. The van der Waals surface area contributed by atoms with Crippen LogP contribution in [0.2, 0.25) is 0 Å². The van der Waals surface area contributed by atoms with E-state index >= 15 is 0 Å². The number of ether oxygens (including phenoxy) is 1. The summed E-state index contributed by atoms with van der Waals surface area (Å²) in [4.78, 5) is 26.4. The number of nitrogens with two attached hydrogens (primary N) is 1. The van der Waals surface area contributed by atoms with Crippen LogP contribution in [0.4, 0.5) is 10.5 Å². The number of nitrogens with zero attached hydrogens (tertiary/aromatic N) is 1. The van der Waals surface area contributed by atoms with E-state index in [1.165, 1.54) is 0 Å². The Labute approximate surface area is 175 Å². The van der Waals surface area contributed by atoms with Crippen LogP contribution < -0.4 is 20.7 Å². The van der Waals surface area contributed by atoms with Gasteiger partial charge in [-0.15, -0.1) is 0 Å². The van der Waals surface area contributed by atoms with Crippen molar-refractivity contribution in [1.82, 2.24) is 5.32 Å². The minimum Gasteiger partial charge on any atom is -0.457 e. The fraction of sp³-hybridized carbons (Fsp3) is 0.167. The number of para-hydroxylation sites is 2. The molecule has 152 valence electrons. The average Bonchev–Trinajstić information content (AvgIpc) is 3.18. The van der Waals surface area contributed by atoms with E-state index in [1.54, 1.807) is 4.90 Å². The molecule has 0 spiro atoms. The van der Waals surface area contributed by atoms with Crippen LogP contribution in [-0.4, -0.2) is 18.5 Å². The summed E-state index contributed by atoms with van der Waals surface area (Å²) in [5.74, 6) is 1.26. The van der Waals surface area contributed by atoms with E-state index < -0.39 is 12.1 Å². The van der Waals surface area contributed by atoms with E-state index in [2.05, 4.69) is 5.32 Å². The number of benzene rings is 3. The van der Waals surface area contributed by atoms with Gasteiger partial charge in [0.2, 0.25) is 5.91 Å². The number of carbonyl (C=O) groups is 2. The highest BCUT2D eigenvalue weighted by Gasteiger charge is 2.27. The molecule has 4 rings (SSSR count). The quantitative estimate of drug-likeness (QED) is 0.650. The fourth-order valence-electron chi connectivity index (χ4n) is 3.73. The van der Waals surface area contributed by atoms with Gasteiger partial charge in [0.1, 0.15) is 11.5 Å². The number of hydrogen-bond acceptors (Lipinski definition) is 3. The molecule has 0 aromatic heterocycles. The van der Waals surface area contributed by atoms with Crippen LogP contribution in [0.1, 0.15) is 23.6 Å². The van der Waals surface area contributed by atoms with Crippen LogP contribution in [0.5, 0.6) is 11.5 Å². The molecule has 3 N–H and O–H groups in total. The number of urea groups is 1. The number of fused-ring (bicyclic) bond motifs is 1. The molecule has 30 heavy (non-hydrogen) atoms. The number of carbonyl (C=O) groups excluding carboxylic acids is 2. The topological polar surface area (TPSA) is 84.7 Å². The van der Waals surface area contributed by atoms with E-state index in [0.717, 1.165) is 23.2 Å². The molecule has 1 aliphatic rings. The van der Waals surface area contributed by atoms with Crippen LogP contribution >= 0.6 is 0 Å². The van der Waals surface area contributed by atoms with Crippen molar-refractivity contribution in [3.8, 4) is 11.5 Å². The predicted octanol–water partition coefficient (Wildman–Crippen LogP) is 4.17. The lowest BCUT2D eigenvalue weighted by atomic mass is 10.0. The SMILES string of the molecule is NC(=O)N[C@H](CC(=O)N1CCc2ccccc21)c1cccc(Oc2ccccc2)c1. The summed E-state index contributed by atoms with van der Waals surface area (Å²) < 4.78 is 5.89. The second kappa shape index (κ2) is 8.69. The lowest BCUT2D eigenvalue weighted by Crippen LogP contribution is -2.38. The lowest BCUT2D eigenvalue weighted by Gasteiger charge is -2.23. The van der Waals surface area contributed by atoms with Crippen molar-refractivity contribution < 1.29 is 14.3 Å². The van der Waals surface area contributed by atoms with Gasteiger partial charge in [-0.05, 0) is 47.9 Å². The number of rotatable bonds is 6. The molecule has 0 fully saturated rings. The Hall–Kier alpha value is -3.80. The van der Waals surface area contributed by atoms with Crippen LogP contribution in [0.25, 0.3) is 0 Å². The molecule has 3 amide bonds. The molecule has 0 aliphatic carbocycles. The number of primary amides is 1. The normalized spacial score (nSPS) is 13.4. The zero-order valence-corrected chi connectivity index (χ0v) is 16.5. The van der Waals surface area contributed by atoms with Gasteiger partial charge in [-0.1, -0.05) is 48.5 Å². The van der Waals surface area contributed by atoms with Gasteiger partial charge in [-0.3, -0.25) is 4.79 Å². The van der Waals surface area contributed by atoms with Crippen molar-refractivity contribution in [1.29, 1.82) is 0 Å². The Balaban J connectivity index is 1.54. The summed E-state index contributed by atoms with van der Waals surface area (Å²) in [5.41, 5.74) is 8.23. The highest BCUT2D eigenvalue weighted by Crippen LogP contribution is 2.30. The fourth-order valence-corrected chi connectivity index (χ4v) is 3.73. The number of hydrogen-bond donors (Lipinski definition) is 2. The van der Waals surface area contributed by atoms with Crippen LogP contribution in [0, 0.1) is 0 Å². The summed E-state index contributed by atoms with van der Waals surface area (Å²) in [6.07, 6.45) is 0.933. The smallest absolute Gasteiger partial charge is 0.312 e. The Bertz CT molecular complexity index is 1050. The van der Waals surface area contributed by atoms with Crippen molar-refractivity contribution in [3.63, 3.8) is 0 Å². The Kier molecular flexibility index (Phi) is 5.66. The minimum absolute atomic E-state index is 0.0620. The molecule has 0 unspecified atom stereocenters. The third kappa shape index (κ3) is 4.43. The molecule has 0 saturated carbocycles. The maximum atomic E-state index is 13.1. The summed E-state index contributed by atoms with van der Waals surface area (Å²) in [5, 5.41) is 2.70. The summed E-state index contributed by atoms with van der Waals surface area (Å²) in [7, 11) is 0. The van der Waals surface area contributed by atoms with E-state index in [-0.39, 0.29) is 12.3 Å². The second-order valence-corrected chi connectivity index (χ2v) is 7.18. The first-order chi connectivity index (χ1) is 14.6. The predicted molar refractivity (Wildman–Crippen MR) is 116 cm³/mol. The molecule has 3 aromatic carbocycles. The maximum absolute atomic E-state index is 13.1. The summed E-state index contributed by atoms with van der Waals surface area (Å²) in [6.45, 7) is 0.638. The van der Waals surface area contributed by atoms with E-state index in [9.17, 15) is 9.59 Å². The number of amides is 3. The molecule has 6 nitrogen and oxygen atoms in total. The molecule has 1 atom stereocenters. The van der Waals surface area contributed by atoms with Crippen LogP contribution in [0.15, 0.2) is 78.9 Å². The zero-order valence-electron chi connectivity index (χ0n) is 16.5. The first kappa shape index (κ1) is 19.5. The monoisotopic (exact) mass is 401 g/mol. The molecule has 0 saturated heterocycles. The van der Waals surface area contributed by atoms with Gasteiger partial charge < -0.3 is 20.7 Å². The highest BCUT2D eigenvalue weighted by molar-refractivity contribution is 5.96. The van der Waals surface area contributed by atoms with E-state index in [1.807, 2.05) is 78.9 Å². The van der Waals surface area contributed by atoms with E-state index in [4.69, 9.17) is 10.5 Å². The number of anilines is 1. The van der Waals surface area contributed by atoms with Crippen molar-refractivity contribution in [2.75, 3.05) is 11.4 Å². The van der Waals surface area contributed by atoms with Gasteiger partial charge in [-0.2, -0.15) is 0 Å². The number of nitrogens with one attached hydrogen (secondary N) is 1. The van der Waals surface area contributed by atoms with Crippen LogP contribution in [-0.2, 0) is 11.2 Å². The van der Waals surface area contributed by atoms with Crippen molar-refractivity contribution >= 4 is 17.6 Å². The highest BCUT2D eigenvalue weighted by atomic mass is 16.5. The molecule has 1 aliphatic heterocycles.